The lowest BCUT2D eigenvalue weighted by Gasteiger charge is -2.46. The summed E-state index contributed by atoms with van der Waals surface area (Å²) < 4.78 is 11.7. The van der Waals surface area contributed by atoms with Crippen LogP contribution in [0.5, 0.6) is 0 Å². The lowest BCUT2D eigenvalue weighted by Crippen LogP contribution is -2.59. The first-order chi connectivity index (χ1) is 11.8. The second kappa shape index (κ2) is 8.02. The van der Waals surface area contributed by atoms with Gasteiger partial charge in [-0.05, 0) is 81.1 Å². The van der Waals surface area contributed by atoms with Gasteiger partial charge >= 0.3 is 0 Å². The fourth-order valence-corrected chi connectivity index (χ4v) is 5.01. The molecule has 2 N–H and O–H groups in total. The van der Waals surface area contributed by atoms with Gasteiger partial charge in [-0.15, -0.1) is 0 Å². The Kier molecular flexibility index (Phi) is 6.80. The number of ether oxygens (including phenoxy) is 2. The smallest absolute Gasteiger partial charge is 0.181 e. The molecule has 0 amide bonds. The number of rotatable bonds is 7. The van der Waals surface area contributed by atoms with E-state index in [0.717, 1.165) is 25.7 Å². The molecule has 2 fully saturated rings. The monoisotopic (exact) mass is 372 g/mol. The van der Waals surface area contributed by atoms with Gasteiger partial charge in [0.25, 0.3) is 0 Å². The summed E-state index contributed by atoms with van der Waals surface area (Å²) in [4.78, 5) is 10.4. The molecule has 0 bridgehead atoms. The summed E-state index contributed by atoms with van der Waals surface area (Å²) in [5, 5.41) is 7.29. The van der Waals surface area contributed by atoms with Gasteiger partial charge in [0.1, 0.15) is 0 Å². The molecule has 0 radical (unpaired) electrons. The van der Waals surface area contributed by atoms with Crippen LogP contribution in [0.4, 0.5) is 0 Å². The molecule has 26 heavy (non-hydrogen) atoms. The van der Waals surface area contributed by atoms with E-state index < -0.39 is 0 Å². The summed E-state index contributed by atoms with van der Waals surface area (Å²) in [5.74, 6) is 0. The van der Waals surface area contributed by atoms with E-state index in [1.807, 2.05) is 0 Å². The summed E-state index contributed by atoms with van der Waals surface area (Å²) in [5.41, 5.74) is 0.242. The molecule has 6 heteroatoms. The first kappa shape index (κ1) is 22.1. The van der Waals surface area contributed by atoms with Gasteiger partial charge in [0, 0.05) is 22.2 Å². The molecule has 2 rings (SSSR count). The molecule has 154 valence electrons. The van der Waals surface area contributed by atoms with Gasteiger partial charge in [-0.1, -0.05) is 0 Å². The van der Waals surface area contributed by atoms with Crippen LogP contribution in [0.3, 0.4) is 0 Å². The number of hydrogen-bond acceptors (Lipinski definition) is 6. The molecular weight excluding hydrogens is 332 g/mol. The van der Waals surface area contributed by atoms with E-state index in [2.05, 4.69) is 66.0 Å². The van der Waals surface area contributed by atoms with E-state index in [0.29, 0.717) is 0 Å². The Bertz CT molecular complexity index is 389. The number of hydrogen-bond donors (Lipinski definition) is 2. The van der Waals surface area contributed by atoms with Crippen molar-refractivity contribution in [3.8, 4) is 0 Å². The SMILES string of the molecule is CC1(C)CC(OCOOCOC2CC(C)(C)NC(C)(C)C2)CC(C)(C)N1. The molecule has 0 aromatic carbocycles. The Morgan fingerprint density at radius 1 is 0.577 bits per heavy atom. The first-order valence-electron chi connectivity index (χ1n) is 9.84. The molecule has 0 aromatic rings. The Balaban J connectivity index is 1.62. The van der Waals surface area contributed by atoms with Crippen LogP contribution < -0.4 is 10.6 Å². The minimum Gasteiger partial charge on any atom is -0.349 e. The maximum atomic E-state index is 5.86. The lowest BCUT2D eigenvalue weighted by atomic mass is 9.81. The second-order valence-corrected chi connectivity index (χ2v) is 10.7. The van der Waals surface area contributed by atoms with E-state index in [4.69, 9.17) is 19.2 Å². The zero-order chi connectivity index (χ0) is 19.6. The van der Waals surface area contributed by atoms with Gasteiger partial charge in [0.05, 0.1) is 12.2 Å². The number of piperidine rings is 2. The third-order valence-electron chi connectivity index (χ3n) is 5.09. The highest BCUT2D eigenvalue weighted by molar-refractivity contribution is 4.98. The Morgan fingerprint density at radius 3 is 1.12 bits per heavy atom. The highest BCUT2D eigenvalue weighted by atomic mass is 17.2. The maximum absolute atomic E-state index is 5.86. The lowest BCUT2D eigenvalue weighted by molar-refractivity contribution is -0.379. The van der Waals surface area contributed by atoms with Crippen LogP contribution >= 0.6 is 0 Å². The summed E-state index contributed by atoms with van der Waals surface area (Å²) in [6.07, 6.45) is 4.14. The molecule has 6 nitrogen and oxygen atoms in total. The molecule has 0 spiro atoms. The van der Waals surface area contributed by atoms with E-state index in [1.165, 1.54) is 0 Å². The molecule has 0 aliphatic carbocycles. The van der Waals surface area contributed by atoms with Crippen LogP contribution in [-0.2, 0) is 19.2 Å². The van der Waals surface area contributed by atoms with Gasteiger partial charge in [-0.2, -0.15) is 0 Å². The van der Waals surface area contributed by atoms with Crippen molar-refractivity contribution in [2.75, 3.05) is 13.6 Å². The second-order valence-electron chi connectivity index (χ2n) is 10.7. The van der Waals surface area contributed by atoms with Gasteiger partial charge in [-0.25, -0.2) is 9.78 Å². The molecule has 0 aromatic heterocycles. The first-order valence-corrected chi connectivity index (χ1v) is 9.84. The van der Waals surface area contributed by atoms with Crippen LogP contribution in [0.1, 0.15) is 81.1 Å². The maximum Gasteiger partial charge on any atom is 0.181 e. The van der Waals surface area contributed by atoms with Crippen molar-refractivity contribution in [2.45, 2.75) is 115 Å². The molecule has 0 unspecified atom stereocenters. The van der Waals surface area contributed by atoms with Crippen molar-refractivity contribution in [1.29, 1.82) is 0 Å². The Hall–Kier alpha value is -0.240. The zero-order valence-corrected chi connectivity index (χ0v) is 18.0. The molecule has 2 saturated heterocycles. The van der Waals surface area contributed by atoms with Crippen molar-refractivity contribution >= 4 is 0 Å². The van der Waals surface area contributed by atoms with Gasteiger partial charge in [-0.3, -0.25) is 0 Å². The van der Waals surface area contributed by atoms with Crippen molar-refractivity contribution < 1.29 is 19.2 Å². The molecule has 0 saturated carbocycles. The standard InChI is InChI=1S/C20H40N2O4/c1-17(2)9-15(10-18(3,4)21-17)23-13-25-26-14-24-16-11-19(5,6)22-20(7,8)12-16/h15-16,21-22H,9-14H2,1-8H3. The van der Waals surface area contributed by atoms with Gasteiger partial charge < -0.3 is 20.1 Å². The Labute approximate surface area is 159 Å². The fraction of sp³-hybridized carbons (Fsp3) is 1.00. The molecular formula is C20H40N2O4. The van der Waals surface area contributed by atoms with Crippen LogP contribution in [0.2, 0.25) is 0 Å². The summed E-state index contributed by atoms with van der Waals surface area (Å²) in [7, 11) is 0. The zero-order valence-electron chi connectivity index (χ0n) is 18.0. The van der Waals surface area contributed by atoms with Crippen LogP contribution in [-0.4, -0.2) is 47.9 Å². The summed E-state index contributed by atoms with van der Waals surface area (Å²) >= 11 is 0. The van der Waals surface area contributed by atoms with E-state index in [1.54, 1.807) is 0 Å². The fourth-order valence-electron chi connectivity index (χ4n) is 5.01. The molecule has 0 atom stereocenters. The minimum atomic E-state index is 0.0605. The van der Waals surface area contributed by atoms with Crippen molar-refractivity contribution in [3.05, 3.63) is 0 Å². The van der Waals surface area contributed by atoms with E-state index in [9.17, 15) is 0 Å². The van der Waals surface area contributed by atoms with Crippen LogP contribution in [0.15, 0.2) is 0 Å². The highest BCUT2D eigenvalue weighted by Gasteiger charge is 2.39. The molecule has 2 aliphatic heterocycles. The predicted octanol–water partition coefficient (Wildman–Crippen LogP) is 3.50. The molecule has 2 heterocycles. The largest absolute Gasteiger partial charge is 0.349 e. The quantitative estimate of drug-likeness (QED) is 0.309. The summed E-state index contributed by atoms with van der Waals surface area (Å²) in [6, 6.07) is 0. The summed E-state index contributed by atoms with van der Waals surface area (Å²) in [6.45, 7) is 17.9. The highest BCUT2D eigenvalue weighted by Crippen LogP contribution is 2.31. The average Bonchev–Trinajstić information content (AvgIpc) is 2.35. The van der Waals surface area contributed by atoms with Crippen molar-refractivity contribution in [3.63, 3.8) is 0 Å². The average molecular weight is 373 g/mol. The number of nitrogens with one attached hydrogen (secondary N) is 2. The van der Waals surface area contributed by atoms with E-state index in [-0.39, 0.29) is 47.9 Å². The minimum absolute atomic E-state index is 0.0605. The van der Waals surface area contributed by atoms with E-state index >= 15 is 0 Å². The van der Waals surface area contributed by atoms with Crippen LogP contribution in [0, 0.1) is 0 Å². The Morgan fingerprint density at radius 2 is 0.846 bits per heavy atom. The third-order valence-corrected chi connectivity index (χ3v) is 5.09. The van der Waals surface area contributed by atoms with Crippen molar-refractivity contribution in [2.24, 2.45) is 0 Å². The van der Waals surface area contributed by atoms with Gasteiger partial charge in [0.2, 0.25) is 0 Å². The molecule has 2 aliphatic rings. The van der Waals surface area contributed by atoms with Crippen molar-refractivity contribution in [1.82, 2.24) is 10.6 Å². The van der Waals surface area contributed by atoms with Gasteiger partial charge in [0.15, 0.2) is 13.6 Å². The van der Waals surface area contributed by atoms with Crippen LogP contribution in [0.25, 0.3) is 0 Å². The third kappa shape index (κ3) is 7.41. The predicted molar refractivity (Wildman–Crippen MR) is 103 cm³/mol. The normalized spacial score (nSPS) is 28.2. The topological polar surface area (TPSA) is 61.0 Å².